The van der Waals surface area contributed by atoms with Crippen LogP contribution in [-0.4, -0.2) is 106 Å². The number of rotatable bonds is 14. The summed E-state index contributed by atoms with van der Waals surface area (Å²) in [6, 6.07) is 42.0. The number of thioether (sulfide) groups is 5. The molecule has 1 fully saturated rings. The van der Waals surface area contributed by atoms with Crippen LogP contribution in [-0.2, 0) is 80.4 Å². The molecule has 752 valence electrons. The molecule has 5 spiro atoms. The van der Waals surface area contributed by atoms with Gasteiger partial charge in [0.15, 0.2) is 0 Å². The Bertz CT molecular complexity index is 6280. The maximum absolute atomic E-state index is 14.5. The van der Waals surface area contributed by atoms with Crippen molar-refractivity contribution in [1.29, 1.82) is 0 Å². The van der Waals surface area contributed by atoms with Crippen LogP contribution in [0.5, 0.6) is 0 Å². The Balaban J connectivity index is 0.000000123. The van der Waals surface area contributed by atoms with E-state index in [0.29, 0.717) is 85.1 Å². The molecule has 38 heteroatoms. The van der Waals surface area contributed by atoms with E-state index < -0.39 is 106 Å². The molecule has 1 saturated carbocycles. The Kier molecular flexibility index (Phi) is 30.7. The minimum Gasteiger partial charge on any atom is -0.330 e. The van der Waals surface area contributed by atoms with Crippen LogP contribution in [0.15, 0.2) is 214 Å². The van der Waals surface area contributed by atoms with Crippen molar-refractivity contribution in [2.24, 2.45) is 83.9 Å². The molecule has 5 aliphatic heterocycles. The zero-order valence-electron chi connectivity index (χ0n) is 78.7. The van der Waals surface area contributed by atoms with Gasteiger partial charge in [-0.05, 0) is 354 Å². The van der Waals surface area contributed by atoms with E-state index in [9.17, 15) is 85.4 Å². The van der Waals surface area contributed by atoms with Crippen molar-refractivity contribution in [3.05, 3.63) is 353 Å². The molecule has 8 N–H and O–H groups in total. The molecular formula is C106H100F14N14O5S5. The van der Waals surface area contributed by atoms with Crippen LogP contribution in [0.3, 0.4) is 0 Å². The van der Waals surface area contributed by atoms with Gasteiger partial charge in [0, 0.05) is 61.4 Å². The lowest BCUT2D eigenvalue weighted by Gasteiger charge is -2.45. The van der Waals surface area contributed by atoms with E-state index >= 15 is 0 Å². The van der Waals surface area contributed by atoms with E-state index in [1.165, 1.54) is 161 Å². The molecule has 10 aromatic rings. The highest BCUT2D eigenvalue weighted by molar-refractivity contribution is 8.16. The quantitative estimate of drug-likeness (QED) is 0.0738. The number of benzene rings is 10. The van der Waals surface area contributed by atoms with Gasteiger partial charge in [-0.25, -0.2) is 86.5 Å². The molecule has 6 aliphatic carbocycles. The number of fused-ring (bicyclic) bond motifs is 10. The van der Waals surface area contributed by atoms with Crippen molar-refractivity contribution in [2.75, 3.05) is 26.2 Å². The van der Waals surface area contributed by atoms with E-state index in [2.05, 4.69) is 38.5 Å². The van der Waals surface area contributed by atoms with E-state index in [0.717, 1.165) is 196 Å². The van der Waals surface area contributed by atoms with Crippen molar-refractivity contribution in [2.45, 2.75) is 162 Å². The van der Waals surface area contributed by atoms with Gasteiger partial charge in [0.05, 0.1) is 0 Å². The maximum atomic E-state index is 14.5. The monoisotopic (exact) mass is 2070 g/mol. The molecule has 11 aliphatic rings. The van der Waals surface area contributed by atoms with Crippen molar-refractivity contribution < 1.29 is 85.4 Å². The molecule has 10 aromatic carbocycles. The summed E-state index contributed by atoms with van der Waals surface area (Å²) >= 11 is 6.06. The smallest absolute Gasteiger partial charge is 0.247 e. The van der Waals surface area contributed by atoms with Gasteiger partial charge in [-0.2, -0.15) is 25.5 Å². The Morgan fingerprint density at radius 2 is 0.542 bits per heavy atom. The van der Waals surface area contributed by atoms with Crippen molar-refractivity contribution in [1.82, 2.24) is 25.0 Å². The molecular weight excluding hydrogens is 1980 g/mol. The molecule has 0 aromatic heterocycles. The van der Waals surface area contributed by atoms with Gasteiger partial charge in [0.2, 0.25) is 29.5 Å². The van der Waals surface area contributed by atoms with Crippen LogP contribution in [0.4, 0.5) is 61.5 Å². The third kappa shape index (κ3) is 19.4. The van der Waals surface area contributed by atoms with Gasteiger partial charge in [0.25, 0.3) is 0 Å². The normalized spacial score (nSPS) is 24.2. The highest BCUT2D eigenvalue weighted by atomic mass is 32.2. The Morgan fingerprint density at radius 3 is 0.799 bits per heavy atom. The first-order valence-corrected chi connectivity index (χ1v) is 51.3. The molecule has 0 radical (unpaired) electrons. The third-order valence-electron chi connectivity index (χ3n) is 28.1. The third-order valence-corrected chi connectivity index (χ3v) is 35.6. The van der Waals surface area contributed by atoms with E-state index in [1.807, 2.05) is 18.2 Å². The maximum Gasteiger partial charge on any atom is 0.247 e. The topological polar surface area (TPSA) is 267 Å². The number of carbonyl (C=O) groups is 5. The summed E-state index contributed by atoms with van der Waals surface area (Å²) in [6.45, 7) is 9.13. The number of nitrogens with zero attached hydrogens (tertiary/aromatic N) is 10. The summed E-state index contributed by atoms with van der Waals surface area (Å²) in [7, 11) is 0. The largest absolute Gasteiger partial charge is 0.330 e. The van der Waals surface area contributed by atoms with E-state index in [4.69, 9.17) is 22.9 Å². The highest BCUT2D eigenvalue weighted by Gasteiger charge is 2.62. The first-order chi connectivity index (χ1) is 68.9. The molecule has 19 nitrogen and oxygen atoms in total. The minimum atomic E-state index is -1.05. The summed E-state index contributed by atoms with van der Waals surface area (Å²) in [6.07, 6.45) is 11.4. The van der Waals surface area contributed by atoms with Crippen LogP contribution in [0.1, 0.15) is 189 Å². The summed E-state index contributed by atoms with van der Waals surface area (Å²) in [5.74, 6) is -9.10. The average Bonchev–Trinajstić information content (AvgIpc) is 1.54. The second-order valence-electron chi connectivity index (χ2n) is 37.1. The molecule has 9 atom stereocenters. The standard InChI is InChI=1S/C22H20F2N2OS.4C21H20F3N3OS/c1-13-10-15(11-13)21(27)26-22(9-8-14-4-2-3-5-18(14)22)28-20(25-26)17-12-16(23)6-7-19(17)24;4*1-12(28)27-21(29-20(26-27)17-10-15(22)6-7-19(17)24)14(8-9-25)4-2-13-3-5-16(23)11-18(13)21/h2-7,12-13,15H,8-11H2,1H3;4*3,5-7,10-11,14H,2,4,8-9,25H2,1H3/t;2*14-,21+;2*14-,21-/m.1010/s1. The fourth-order valence-electron chi connectivity index (χ4n) is 21.6. The number of amides is 5. The predicted octanol–water partition coefficient (Wildman–Crippen LogP) is 21.5. The number of hydrazone groups is 5. The van der Waals surface area contributed by atoms with E-state index in [1.54, 1.807) is 29.3 Å². The number of nitrogens with two attached hydrogens (primary N) is 4. The summed E-state index contributed by atoms with van der Waals surface area (Å²) in [5.41, 5.74) is 31.8. The molecule has 5 heterocycles. The van der Waals surface area contributed by atoms with Crippen LogP contribution in [0, 0.1) is 117 Å². The summed E-state index contributed by atoms with van der Waals surface area (Å²) in [4.78, 5) is 58.9. The van der Waals surface area contributed by atoms with Crippen LogP contribution in [0.2, 0.25) is 0 Å². The first-order valence-electron chi connectivity index (χ1n) is 47.2. The van der Waals surface area contributed by atoms with Crippen molar-refractivity contribution >= 4 is 114 Å². The molecule has 5 amide bonds. The van der Waals surface area contributed by atoms with Gasteiger partial charge in [-0.3, -0.25) is 24.0 Å². The van der Waals surface area contributed by atoms with E-state index in [-0.39, 0.29) is 107 Å². The lowest BCUT2D eigenvalue weighted by Crippen LogP contribution is -2.49. The summed E-state index contributed by atoms with van der Waals surface area (Å²) in [5, 5.41) is 30.1. The molecule has 144 heavy (non-hydrogen) atoms. The average molecular weight is 2080 g/mol. The number of aryl methyl sites for hydroxylation is 5. The molecule has 0 bridgehead atoms. The van der Waals surface area contributed by atoms with Gasteiger partial charge >= 0.3 is 0 Å². The Hall–Kier alpha value is -11.5. The fraction of sp³-hybridized carbons (Fsp3) is 0.340. The van der Waals surface area contributed by atoms with Crippen molar-refractivity contribution in [3.8, 4) is 0 Å². The SMILES string of the molecule is CC(=O)N1N=C(c2cc(F)ccc2F)S[C@@]12c1cc(F)ccc1CC[C@@H]2CCN.CC(=O)N1N=C(c2cc(F)ccc2F)S[C@@]12c1cc(F)ccc1CC[C@H]2CCN.CC(=O)N1N=C(c2cc(F)ccc2F)S[C@]12c1cc(F)ccc1CC[C@@H]2CCN.CC(=O)N1N=C(c2cc(F)ccc2F)S[C@]12c1cc(F)ccc1CC[C@H]2CCN.CC1CC(C(=O)N2N=C(c3cc(F)ccc3F)SC23CCc2ccccc23)C1. The Labute approximate surface area is 843 Å². The van der Waals surface area contributed by atoms with Gasteiger partial charge in [-0.15, -0.1) is 0 Å². The predicted molar refractivity (Wildman–Crippen MR) is 532 cm³/mol. The zero-order chi connectivity index (χ0) is 103. The van der Waals surface area contributed by atoms with Gasteiger partial charge in [0.1, 0.15) is 131 Å². The number of hydrogen-bond donors (Lipinski definition) is 4. The first kappa shape index (κ1) is 104. The zero-order valence-corrected chi connectivity index (χ0v) is 82.7. The number of halogens is 14. The second kappa shape index (κ2) is 42.5. The second-order valence-corrected chi connectivity index (χ2v) is 43.2. The van der Waals surface area contributed by atoms with Crippen LogP contribution < -0.4 is 22.9 Å². The minimum absolute atomic E-state index is 0.00545. The fourth-order valence-corrected chi connectivity index (χ4v) is 29.6. The molecule has 21 rings (SSSR count). The molecule has 1 unspecified atom stereocenters. The lowest BCUT2D eigenvalue weighted by atomic mass is 9.75. The highest BCUT2D eigenvalue weighted by Crippen LogP contribution is 2.64. The Morgan fingerprint density at radius 1 is 0.306 bits per heavy atom. The van der Waals surface area contributed by atoms with Gasteiger partial charge < -0.3 is 22.9 Å². The number of carbonyl (C=O) groups excluding carboxylic acids is 5. The van der Waals surface area contributed by atoms with Crippen molar-refractivity contribution in [3.63, 3.8) is 0 Å². The van der Waals surface area contributed by atoms with Crippen LogP contribution >= 0.6 is 58.8 Å². The lowest BCUT2D eigenvalue weighted by molar-refractivity contribution is -0.143. The summed E-state index contributed by atoms with van der Waals surface area (Å²) < 4.78 is 198. The van der Waals surface area contributed by atoms with Gasteiger partial charge in [-0.1, -0.05) is 114 Å². The van der Waals surface area contributed by atoms with Crippen LogP contribution in [0.25, 0.3) is 0 Å². The number of hydrogen-bond acceptors (Lipinski definition) is 19. The molecule has 0 saturated heterocycles.